The van der Waals surface area contributed by atoms with Gasteiger partial charge in [-0.3, -0.25) is 4.90 Å². The molecule has 4 rings (SSSR count). The van der Waals surface area contributed by atoms with E-state index in [4.69, 9.17) is 15.9 Å². The van der Waals surface area contributed by atoms with Crippen LogP contribution >= 0.6 is 15.9 Å². The van der Waals surface area contributed by atoms with E-state index in [0.29, 0.717) is 13.0 Å². The van der Waals surface area contributed by atoms with Crippen molar-refractivity contribution < 1.29 is 14.6 Å². The maximum absolute atomic E-state index is 10.1. The van der Waals surface area contributed by atoms with Gasteiger partial charge in [-0.2, -0.15) is 0 Å². The van der Waals surface area contributed by atoms with E-state index in [1.807, 2.05) is 12.1 Å². The zero-order chi connectivity index (χ0) is 16.9. The Bertz CT molecular complexity index is 754. The Morgan fingerprint density at radius 1 is 1.58 bits per heavy atom. The molecule has 2 heterocycles. The van der Waals surface area contributed by atoms with E-state index < -0.39 is 6.10 Å². The Morgan fingerprint density at radius 3 is 3.17 bits per heavy atom. The van der Waals surface area contributed by atoms with Crippen LogP contribution in [0.2, 0.25) is 0 Å². The number of aliphatic hydroxyl groups is 1. The third kappa shape index (κ3) is 2.21. The molecule has 1 spiro atoms. The fraction of sp³-hybridized carbons (Fsp3) is 0.474. The van der Waals surface area contributed by atoms with Gasteiger partial charge in [0.15, 0.2) is 11.5 Å². The maximum atomic E-state index is 10.1. The fourth-order valence-electron chi connectivity index (χ4n) is 4.28. The highest BCUT2D eigenvalue weighted by atomic mass is 79.9. The van der Waals surface area contributed by atoms with Crippen molar-refractivity contribution in [2.24, 2.45) is 0 Å². The Hall–Kier alpha value is -1.48. The summed E-state index contributed by atoms with van der Waals surface area (Å²) in [6.07, 6.45) is 10.6. The largest absolute Gasteiger partial charge is 0.493 e. The molecule has 0 radical (unpaired) electrons. The number of rotatable bonds is 2. The lowest BCUT2D eigenvalue weighted by Gasteiger charge is -2.35. The van der Waals surface area contributed by atoms with E-state index in [1.54, 1.807) is 7.11 Å². The van der Waals surface area contributed by atoms with Gasteiger partial charge in [0.2, 0.25) is 0 Å². The van der Waals surface area contributed by atoms with E-state index in [9.17, 15) is 5.11 Å². The molecule has 5 heteroatoms. The molecule has 0 amide bonds. The van der Waals surface area contributed by atoms with Crippen molar-refractivity contribution in [1.82, 2.24) is 4.90 Å². The number of methoxy groups -OCH3 is 1. The molecule has 24 heavy (non-hydrogen) atoms. The number of terminal acetylenes is 1. The standard InChI is InChI=1S/C19H20BrNO3/c1-3-7-21-8-6-19-5-4-12(22)9-16(19)24-18-15(23-2)10-14(20)13(11-21)17(18)19/h1,4-5,10,12,16,22H,6-9,11H2,2H3/t12-,16?,19?/m0/s1. The quantitative estimate of drug-likeness (QED) is 0.623. The van der Waals surface area contributed by atoms with Crippen LogP contribution in [0.1, 0.15) is 24.0 Å². The van der Waals surface area contributed by atoms with Gasteiger partial charge in [0.1, 0.15) is 6.10 Å². The molecule has 2 unspecified atom stereocenters. The minimum atomic E-state index is -0.460. The topological polar surface area (TPSA) is 41.9 Å². The average Bonchev–Trinajstić information content (AvgIpc) is 2.79. The summed E-state index contributed by atoms with van der Waals surface area (Å²) in [7, 11) is 1.66. The van der Waals surface area contributed by atoms with Crippen LogP contribution in [0.25, 0.3) is 0 Å². The Balaban J connectivity index is 1.94. The highest BCUT2D eigenvalue weighted by Gasteiger charge is 2.53. The molecule has 4 nitrogen and oxygen atoms in total. The Morgan fingerprint density at radius 2 is 2.42 bits per heavy atom. The Labute approximate surface area is 150 Å². The second kappa shape index (κ2) is 5.80. The summed E-state index contributed by atoms with van der Waals surface area (Å²) in [4.78, 5) is 2.29. The average molecular weight is 390 g/mol. The van der Waals surface area contributed by atoms with Crippen molar-refractivity contribution >= 4 is 15.9 Å². The first kappa shape index (κ1) is 16.0. The molecule has 2 aliphatic heterocycles. The molecular formula is C19H20BrNO3. The van der Waals surface area contributed by atoms with Crippen LogP contribution in [0.15, 0.2) is 22.7 Å². The van der Waals surface area contributed by atoms with Gasteiger partial charge in [-0.1, -0.05) is 34.0 Å². The van der Waals surface area contributed by atoms with Crippen LogP contribution in [0.4, 0.5) is 0 Å². The minimum absolute atomic E-state index is 0.0692. The van der Waals surface area contributed by atoms with Crippen molar-refractivity contribution in [3.63, 3.8) is 0 Å². The summed E-state index contributed by atoms with van der Waals surface area (Å²) in [6.45, 7) is 2.31. The summed E-state index contributed by atoms with van der Waals surface area (Å²) in [5, 5.41) is 10.1. The molecule has 0 saturated carbocycles. The molecule has 1 aromatic rings. The van der Waals surface area contributed by atoms with Crippen molar-refractivity contribution in [2.45, 2.75) is 37.0 Å². The third-order valence-electron chi connectivity index (χ3n) is 5.43. The second-order valence-corrected chi connectivity index (χ2v) is 7.57. The lowest BCUT2D eigenvalue weighted by molar-refractivity contribution is 0.0816. The lowest BCUT2D eigenvalue weighted by atomic mass is 9.69. The minimum Gasteiger partial charge on any atom is -0.493 e. The fourth-order valence-corrected chi connectivity index (χ4v) is 4.81. The predicted molar refractivity (Wildman–Crippen MR) is 95.3 cm³/mol. The van der Waals surface area contributed by atoms with Gasteiger partial charge < -0.3 is 14.6 Å². The lowest BCUT2D eigenvalue weighted by Crippen LogP contribution is -2.43. The number of nitrogens with zero attached hydrogens (tertiary/aromatic N) is 1. The highest BCUT2D eigenvalue weighted by molar-refractivity contribution is 9.10. The molecule has 3 atom stereocenters. The molecule has 0 fully saturated rings. The van der Waals surface area contributed by atoms with Gasteiger partial charge in [0.25, 0.3) is 0 Å². The van der Waals surface area contributed by atoms with Gasteiger partial charge in [-0.15, -0.1) is 6.42 Å². The first-order valence-corrected chi connectivity index (χ1v) is 8.98. The molecule has 1 aliphatic carbocycles. The number of hydrogen-bond acceptors (Lipinski definition) is 4. The SMILES string of the molecule is C#CCN1CCC23C=C[C@H](O)CC2Oc2c(OC)cc(Br)c(c23)C1. The smallest absolute Gasteiger partial charge is 0.166 e. The van der Waals surface area contributed by atoms with Crippen LogP contribution in [0.5, 0.6) is 11.5 Å². The first-order valence-electron chi connectivity index (χ1n) is 8.19. The molecule has 126 valence electrons. The normalized spacial score (nSPS) is 30.8. The van der Waals surface area contributed by atoms with E-state index in [2.05, 4.69) is 32.8 Å². The van der Waals surface area contributed by atoms with Crippen LogP contribution in [-0.2, 0) is 12.0 Å². The molecule has 3 aliphatic rings. The van der Waals surface area contributed by atoms with Gasteiger partial charge in [0.05, 0.1) is 25.2 Å². The van der Waals surface area contributed by atoms with Crippen LogP contribution in [0.3, 0.4) is 0 Å². The van der Waals surface area contributed by atoms with E-state index in [0.717, 1.165) is 35.5 Å². The summed E-state index contributed by atoms with van der Waals surface area (Å²) < 4.78 is 12.9. The number of ether oxygens (including phenoxy) is 2. The van der Waals surface area contributed by atoms with E-state index >= 15 is 0 Å². The van der Waals surface area contributed by atoms with Crippen molar-refractivity contribution in [3.05, 3.63) is 33.8 Å². The summed E-state index contributed by atoms with van der Waals surface area (Å²) >= 11 is 3.71. The summed E-state index contributed by atoms with van der Waals surface area (Å²) in [5.41, 5.74) is 2.19. The third-order valence-corrected chi connectivity index (χ3v) is 6.14. The van der Waals surface area contributed by atoms with E-state index in [-0.39, 0.29) is 11.5 Å². The van der Waals surface area contributed by atoms with Crippen LogP contribution in [-0.4, -0.2) is 42.4 Å². The van der Waals surface area contributed by atoms with Gasteiger partial charge in [-0.05, 0) is 18.1 Å². The van der Waals surface area contributed by atoms with Crippen molar-refractivity contribution in [1.29, 1.82) is 0 Å². The monoisotopic (exact) mass is 389 g/mol. The number of halogens is 1. The molecule has 1 N–H and O–H groups in total. The molecule has 0 bridgehead atoms. The second-order valence-electron chi connectivity index (χ2n) is 6.72. The summed E-state index contributed by atoms with van der Waals surface area (Å²) in [6, 6.07) is 1.97. The number of benzene rings is 1. The Kier molecular flexibility index (Phi) is 3.87. The molecule has 0 aromatic heterocycles. The number of aliphatic hydroxyl groups excluding tert-OH is 1. The highest BCUT2D eigenvalue weighted by Crippen LogP contribution is 2.57. The van der Waals surface area contributed by atoms with Crippen molar-refractivity contribution in [3.8, 4) is 23.8 Å². The van der Waals surface area contributed by atoms with E-state index in [1.165, 1.54) is 11.1 Å². The zero-order valence-electron chi connectivity index (χ0n) is 13.6. The van der Waals surface area contributed by atoms with Gasteiger partial charge in [0, 0.05) is 29.5 Å². The van der Waals surface area contributed by atoms with Gasteiger partial charge in [-0.25, -0.2) is 0 Å². The van der Waals surface area contributed by atoms with Crippen LogP contribution < -0.4 is 9.47 Å². The first-order chi connectivity index (χ1) is 11.6. The predicted octanol–water partition coefficient (Wildman–Crippen LogP) is 2.62. The van der Waals surface area contributed by atoms with Crippen molar-refractivity contribution in [2.75, 3.05) is 20.2 Å². The van der Waals surface area contributed by atoms with Crippen LogP contribution in [0, 0.1) is 12.3 Å². The molecule has 0 saturated heterocycles. The summed E-state index contributed by atoms with van der Waals surface area (Å²) in [5.74, 6) is 4.32. The molecular weight excluding hydrogens is 370 g/mol. The molecule has 1 aromatic carbocycles. The van der Waals surface area contributed by atoms with Gasteiger partial charge >= 0.3 is 0 Å². The zero-order valence-corrected chi connectivity index (χ0v) is 15.2. The maximum Gasteiger partial charge on any atom is 0.166 e. The number of hydrogen-bond donors (Lipinski definition) is 1.